The minimum atomic E-state index is 0.525. The number of aryl methyl sites for hydroxylation is 1. The summed E-state index contributed by atoms with van der Waals surface area (Å²) in [6, 6.07) is 18.0. The van der Waals surface area contributed by atoms with Gasteiger partial charge in [0.1, 0.15) is 17.5 Å². The van der Waals surface area contributed by atoms with Crippen molar-refractivity contribution in [1.29, 1.82) is 5.26 Å². The smallest absolute Gasteiger partial charge is 0.147 e. The number of hydrogen-bond donors (Lipinski definition) is 0. The van der Waals surface area contributed by atoms with Crippen LogP contribution in [0.2, 0.25) is 10.0 Å². The molecule has 0 amide bonds. The van der Waals surface area contributed by atoms with E-state index in [-0.39, 0.29) is 0 Å². The maximum Gasteiger partial charge on any atom is 0.147 e. The van der Waals surface area contributed by atoms with Gasteiger partial charge in [-0.1, -0.05) is 59.1 Å². The minimum Gasteiger partial charge on any atom is -0.355 e. The summed E-state index contributed by atoms with van der Waals surface area (Å²) in [5.74, 6) is 0.735. The molecule has 2 aromatic carbocycles. The average molecular weight is 408 g/mol. The number of halogens is 2. The van der Waals surface area contributed by atoms with Crippen molar-refractivity contribution < 1.29 is 0 Å². The molecule has 4 rings (SSSR count). The van der Waals surface area contributed by atoms with Gasteiger partial charge in [0.2, 0.25) is 0 Å². The summed E-state index contributed by atoms with van der Waals surface area (Å²) in [6.45, 7) is 3.88. The predicted octanol–water partition coefficient (Wildman–Crippen LogP) is 6.50. The van der Waals surface area contributed by atoms with E-state index in [9.17, 15) is 5.26 Å². The number of nitrogens with zero attached hydrogens (tertiary/aromatic N) is 3. The highest BCUT2D eigenvalue weighted by Gasteiger charge is 2.23. The third-order valence-corrected chi connectivity index (χ3v) is 5.63. The lowest BCUT2D eigenvalue weighted by molar-refractivity contribution is 0.936. The summed E-state index contributed by atoms with van der Waals surface area (Å²) in [6.07, 6.45) is 2.22. The molecule has 28 heavy (non-hydrogen) atoms. The topological polar surface area (TPSA) is 39.9 Å². The molecule has 1 saturated heterocycles. The molecule has 3 aromatic rings. The molecular weight excluding hydrogens is 389 g/mol. The fraction of sp³-hybridized carbons (Fsp3) is 0.217. The lowest BCUT2D eigenvalue weighted by Gasteiger charge is -2.21. The SMILES string of the molecule is Cc1ccc(-c2cc(-c3ccc(Cl)cc3Cl)c(C#N)c(N3CCCC3)n2)cc1. The third-order valence-electron chi connectivity index (χ3n) is 5.09. The van der Waals surface area contributed by atoms with Crippen LogP contribution in [0.15, 0.2) is 48.5 Å². The van der Waals surface area contributed by atoms with Gasteiger partial charge < -0.3 is 4.90 Å². The summed E-state index contributed by atoms with van der Waals surface area (Å²) in [5, 5.41) is 11.1. The molecule has 0 spiro atoms. The first-order valence-electron chi connectivity index (χ1n) is 9.29. The van der Waals surface area contributed by atoms with Crippen molar-refractivity contribution in [2.75, 3.05) is 18.0 Å². The molecule has 0 atom stereocenters. The van der Waals surface area contributed by atoms with Crippen molar-refractivity contribution in [3.8, 4) is 28.5 Å². The van der Waals surface area contributed by atoms with Crippen LogP contribution in [-0.4, -0.2) is 18.1 Å². The summed E-state index contributed by atoms with van der Waals surface area (Å²) in [7, 11) is 0. The van der Waals surface area contributed by atoms with Gasteiger partial charge in [-0.2, -0.15) is 5.26 Å². The van der Waals surface area contributed by atoms with Crippen LogP contribution in [0.3, 0.4) is 0 Å². The van der Waals surface area contributed by atoms with Crippen molar-refractivity contribution in [3.63, 3.8) is 0 Å². The first-order valence-corrected chi connectivity index (χ1v) is 10.0. The van der Waals surface area contributed by atoms with E-state index in [1.807, 2.05) is 12.1 Å². The number of pyridine rings is 1. The molecular formula is C23H19Cl2N3. The molecule has 2 heterocycles. The molecule has 1 fully saturated rings. The minimum absolute atomic E-state index is 0.525. The zero-order chi connectivity index (χ0) is 19.7. The van der Waals surface area contributed by atoms with Crippen LogP contribution in [0.5, 0.6) is 0 Å². The summed E-state index contributed by atoms with van der Waals surface area (Å²) in [4.78, 5) is 7.09. The fourth-order valence-electron chi connectivity index (χ4n) is 3.59. The maximum absolute atomic E-state index is 9.98. The first-order chi connectivity index (χ1) is 13.6. The highest BCUT2D eigenvalue weighted by Crippen LogP contribution is 2.38. The molecule has 0 N–H and O–H groups in total. The van der Waals surface area contributed by atoms with Gasteiger partial charge in [-0.3, -0.25) is 0 Å². The highest BCUT2D eigenvalue weighted by molar-refractivity contribution is 6.36. The van der Waals surface area contributed by atoms with Crippen LogP contribution in [-0.2, 0) is 0 Å². The van der Waals surface area contributed by atoms with E-state index in [2.05, 4.69) is 42.2 Å². The average Bonchev–Trinajstić information content (AvgIpc) is 3.22. The monoisotopic (exact) mass is 407 g/mol. The number of nitriles is 1. The highest BCUT2D eigenvalue weighted by atomic mass is 35.5. The normalized spacial score (nSPS) is 13.6. The van der Waals surface area contributed by atoms with Gasteiger partial charge in [-0.25, -0.2) is 4.98 Å². The van der Waals surface area contributed by atoms with Gasteiger partial charge in [0.25, 0.3) is 0 Å². The molecule has 1 aromatic heterocycles. The van der Waals surface area contributed by atoms with E-state index in [1.165, 1.54) is 5.56 Å². The Morgan fingerprint density at radius 1 is 0.964 bits per heavy atom. The second-order valence-corrected chi connectivity index (χ2v) is 7.89. The summed E-state index contributed by atoms with van der Waals surface area (Å²) < 4.78 is 0. The molecule has 0 unspecified atom stereocenters. The Morgan fingerprint density at radius 3 is 2.32 bits per heavy atom. The second kappa shape index (κ2) is 7.83. The predicted molar refractivity (Wildman–Crippen MR) is 116 cm³/mol. The quantitative estimate of drug-likeness (QED) is 0.497. The molecule has 5 heteroatoms. The second-order valence-electron chi connectivity index (χ2n) is 7.05. The number of aromatic nitrogens is 1. The molecule has 0 saturated carbocycles. The van der Waals surface area contributed by atoms with Crippen molar-refractivity contribution in [2.24, 2.45) is 0 Å². The fourth-order valence-corrected chi connectivity index (χ4v) is 4.10. The van der Waals surface area contributed by atoms with Gasteiger partial charge in [0.15, 0.2) is 0 Å². The van der Waals surface area contributed by atoms with Crippen molar-refractivity contribution in [2.45, 2.75) is 19.8 Å². The van der Waals surface area contributed by atoms with Crippen LogP contribution in [0.4, 0.5) is 5.82 Å². The van der Waals surface area contributed by atoms with Gasteiger partial charge in [0.05, 0.1) is 5.69 Å². The lowest BCUT2D eigenvalue weighted by Crippen LogP contribution is -2.21. The van der Waals surface area contributed by atoms with Crippen LogP contribution >= 0.6 is 23.2 Å². The van der Waals surface area contributed by atoms with Crippen LogP contribution in [0.1, 0.15) is 24.0 Å². The van der Waals surface area contributed by atoms with Gasteiger partial charge in [-0.05, 0) is 38.0 Å². The van der Waals surface area contributed by atoms with E-state index in [4.69, 9.17) is 28.2 Å². The van der Waals surface area contributed by atoms with E-state index < -0.39 is 0 Å². The third kappa shape index (κ3) is 3.58. The number of hydrogen-bond acceptors (Lipinski definition) is 3. The molecule has 0 aliphatic carbocycles. The van der Waals surface area contributed by atoms with Gasteiger partial charge in [0, 0.05) is 39.8 Å². The Hall–Kier alpha value is -2.54. The zero-order valence-corrected chi connectivity index (χ0v) is 17.1. The number of rotatable bonds is 3. The molecule has 140 valence electrons. The number of anilines is 1. The molecule has 1 aliphatic heterocycles. The maximum atomic E-state index is 9.98. The summed E-state index contributed by atoms with van der Waals surface area (Å²) in [5.41, 5.74) is 5.18. The number of benzene rings is 2. The first kappa shape index (κ1) is 18.8. The largest absolute Gasteiger partial charge is 0.355 e. The van der Waals surface area contributed by atoms with Crippen LogP contribution in [0.25, 0.3) is 22.4 Å². The van der Waals surface area contributed by atoms with E-state index >= 15 is 0 Å². The Morgan fingerprint density at radius 2 is 1.68 bits per heavy atom. The standard InChI is InChI=1S/C23H19Cl2N3/c1-15-4-6-16(7-5-15)22-13-19(18-9-8-17(24)12-21(18)25)20(14-26)23(27-22)28-10-2-3-11-28/h4-9,12-13H,2-3,10-11H2,1H3. The van der Waals surface area contributed by atoms with E-state index in [0.717, 1.165) is 54.1 Å². The molecule has 1 aliphatic rings. The molecule has 0 bridgehead atoms. The molecule has 3 nitrogen and oxygen atoms in total. The van der Waals surface area contributed by atoms with E-state index in [1.54, 1.807) is 12.1 Å². The Balaban J connectivity index is 1.97. The Bertz CT molecular complexity index is 1060. The summed E-state index contributed by atoms with van der Waals surface area (Å²) >= 11 is 12.6. The Labute approximate surface area is 175 Å². The van der Waals surface area contributed by atoms with E-state index in [0.29, 0.717) is 15.6 Å². The van der Waals surface area contributed by atoms with Crippen molar-refractivity contribution in [1.82, 2.24) is 4.98 Å². The van der Waals surface area contributed by atoms with Crippen molar-refractivity contribution >= 4 is 29.0 Å². The lowest BCUT2D eigenvalue weighted by atomic mass is 9.97. The van der Waals surface area contributed by atoms with Gasteiger partial charge in [-0.15, -0.1) is 0 Å². The van der Waals surface area contributed by atoms with Crippen LogP contribution in [0, 0.1) is 18.3 Å². The molecule has 0 radical (unpaired) electrons. The van der Waals surface area contributed by atoms with Crippen LogP contribution < -0.4 is 4.90 Å². The zero-order valence-electron chi connectivity index (χ0n) is 15.5. The van der Waals surface area contributed by atoms with Gasteiger partial charge >= 0.3 is 0 Å². The Kier molecular flexibility index (Phi) is 5.26. The van der Waals surface area contributed by atoms with Crippen molar-refractivity contribution in [3.05, 3.63) is 69.7 Å².